The van der Waals surface area contributed by atoms with Gasteiger partial charge in [-0.15, -0.1) is 11.8 Å². The average Bonchev–Trinajstić information content (AvgIpc) is 3.64. The first-order valence-corrected chi connectivity index (χ1v) is 21.3. The van der Waals surface area contributed by atoms with Crippen molar-refractivity contribution in [2.45, 2.75) is 35.2 Å². The number of amides is 2. The predicted molar refractivity (Wildman–Crippen MR) is 223 cm³/mol. The number of nitrogens with one attached hydrogen (secondary N) is 4. The van der Waals surface area contributed by atoms with E-state index in [0.717, 1.165) is 40.0 Å². The highest BCUT2D eigenvalue weighted by Crippen LogP contribution is 2.30. The van der Waals surface area contributed by atoms with Gasteiger partial charge in [0.05, 0.1) is 0 Å². The number of aromatic nitrogens is 4. The first-order valence-electron chi connectivity index (χ1n) is 18.0. The third-order valence-corrected chi connectivity index (χ3v) is 12.5. The molecule has 0 unspecified atom stereocenters. The van der Waals surface area contributed by atoms with Gasteiger partial charge in [-0.3, -0.25) is 25.6 Å². The number of pyridine rings is 3. The number of nitrogens with zero attached hydrogens (tertiary/aromatic N) is 6. The molecule has 1 aliphatic rings. The van der Waals surface area contributed by atoms with Gasteiger partial charge in [-0.05, 0) is 93.1 Å². The first-order chi connectivity index (χ1) is 27.6. The van der Waals surface area contributed by atoms with Crippen molar-refractivity contribution in [3.8, 4) is 0 Å². The number of carbonyl (C=O) groups excluding carboxylic acids is 2. The van der Waals surface area contributed by atoms with E-state index < -0.39 is 15.9 Å². The Kier molecular flexibility index (Phi) is 12.2. The summed E-state index contributed by atoms with van der Waals surface area (Å²) in [7, 11) is -0.475. The summed E-state index contributed by atoms with van der Waals surface area (Å²) < 4.78 is 29.0. The molecule has 1 aliphatic heterocycles. The molecule has 0 saturated heterocycles. The largest absolute Gasteiger partial charge is 0.365 e. The van der Waals surface area contributed by atoms with Crippen LogP contribution in [0.3, 0.4) is 0 Å². The van der Waals surface area contributed by atoms with E-state index in [9.17, 15) is 23.2 Å². The molecule has 1 atom stereocenters. The quantitative estimate of drug-likeness (QED) is 0.0622. The molecular formula is C39H40N10O5S3. The van der Waals surface area contributed by atoms with Gasteiger partial charge < -0.3 is 15.1 Å². The Balaban J connectivity index is 1.03. The minimum atomic E-state index is -4.44. The maximum absolute atomic E-state index is 13.5. The molecule has 15 nitrogen and oxygen atoms in total. The molecule has 7 rings (SSSR count). The number of carbonyl (C=O) groups is 2. The number of benzene rings is 2. The number of fused-ring (bicyclic) bond motifs is 2. The second-order valence-corrected chi connectivity index (χ2v) is 17.2. The van der Waals surface area contributed by atoms with Crippen LogP contribution in [0.25, 0.3) is 10.3 Å². The van der Waals surface area contributed by atoms with Crippen molar-refractivity contribution in [2.75, 3.05) is 54.0 Å². The zero-order valence-electron chi connectivity index (χ0n) is 31.0. The maximum atomic E-state index is 13.5. The van der Waals surface area contributed by atoms with E-state index >= 15 is 0 Å². The molecule has 0 bridgehead atoms. The topological polar surface area (TPSA) is 195 Å². The lowest BCUT2D eigenvalue weighted by molar-refractivity contribution is 0.0975. The molecule has 294 valence electrons. The molecular weight excluding hydrogens is 785 g/mol. The number of anilines is 4. The van der Waals surface area contributed by atoms with Crippen LogP contribution in [0, 0.1) is 0 Å². The second-order valence-electron chi connectivity index (χ2n) is 13.5. The molecule has 2 aromatic carbocycles. The predicted octanol–water partition coefficient (Wildman–Crippen LogP) is 5.74. The summed E-state index contributed by atoms with van der Waals surface area (Å²) in [6, 6.07) is 25.1. The molecule has 18 heteroatoms. The summed E-state index contributed by atoms with van der Waals surface area (Å²) in [5, 5.41) is 16.7. The second kappa shape index (κ2) is 17.6. The van der Waals surface area contributed by atoms with E-state index in [1.807, 2.05) is 73.0 Å². The van der Waals surface area contributed by atoms with Crippen LogP contribution in [0.1, 0.15) is 38.4 Å². The Hall–Kier alpha value is -5.66. The summed E-state index contributed by atoms with van der Waals surface area (Å²) in [6.07, 6.45) is 4.18. The summed E-state index contributed by atoms with van der Waals surface area (Å²) in [5.41, 5.74) is 4.98. The lowest BCUT2D eigenvalue weighted by Gasteiger charge is -2.31. The maximum Gasteiger partial charge on any atom is 0.283 e. The zero-order chi connectivity index (χ0) is 39.9. The SMILES string of the molecule is CN(C)CC[C@H](CSc1ccccc1)Nc1ncc(S(=O)(=O)NC(=O)c2cccc(N3CCc4cccc(C(=O)Nc5nc6cccnc6s5)c4C3)n2)cc1NO. The fourth-order valence-electron chi connectivity index (χ4n) is 6.25. The van der Waals surface area contributed by atoms with Gasteiger partial charge in [-0.1, -0.05) is 47.7 Å². The third-order valence-electron chi connectivity index (χ3n) is 9.18. The van der Waals surface area contributed by atoms with Gasteiger partial charge in [0.1, 0.15) is 32.4 Å². The highest BCUT2D eigenvalue weighted by Gasteiger charge is 2.26. The molecule has 4 aromatic heterocycles. The van der Waals surface area contributed by atoms with Crippen molar-refractivity contribution in [1.82, 2.24) is 29.6 Å². The van der Waals surface area contributed by atoms with Crippen LogP contribution in [-0.4, -0.2) is 89.3 Å². The van der Waals surface area contributed by atoms with Crippen LogP contribution in [0.5, 0.6) is 0 Å². The van der Waals surface area contributed by atoms with Crippen LogP contribution < -0.4 is 25.7 Å². The molecule has 5 heterocycles. The van der Waals surface area contributed by atoms with E-state index in [-0.39, 0.29) is 34.0 Å². The van der Waals surface area contributed by atoms with Crippen molar-refractivity contribution in [3.63, 3.8) is 0 Å². The molecule has 0 radical (unpaired) electrons. The van der Waals surface area contributed by atoms with E-state index in [2.05, 4.69) is 40.2 Å². The van der Waals surface area contributed by atoms with Crippen molar-refractivity contribution >= 4 is 77.7 Å². The summed E-state index contributed by atoms with van der Waals surface area (Å²) in [5.74, 6) is 0.143. The molecule has 2 amide bonds. The molecule has 0 aliphatic carbocycles. The van der Waals surface area contributed by atoms with Crippen LogP contribution in [0.4, 0.5) is 22.5 Å². The van der Waals surface area contributed by atoms with E-state index in [0.29, 0.717) is 47.3 Å². The standard InChI is InChI=1S/C39H40N10O5S3/c1-48(2)19-17-26(24-55-27-10-4-3-5-11-27)42-35-33(46-52)21-28(22-41-35)57(53,54)47-37(51)31-13-7-15-34(43-31)49-20-16-25-9-6-12-29(30(25)23-49)36(50)45-39-44-32-14-8-18-40-38(32)56-39/h3-15,18,21-22,26,46,52H,16-17,19-20,23-24H2,1-2H3,(H,41,42)(H,47,51)(H,44,45,50)/t26-/m1/s1. The molecule has 5 N–H and O–H groups in total. The molecule has 6 aromatic rings. The van der Waals surface area contributed by atoms with E-state index in [1.54, 1.807) is 42.2 Å². The Morgan fingerprint density at radius 3 is 2.60 bits per heavy atom. The normalized spacial score (nSPS) is 13.2. The van der Waals surface area contributed by atoms with Gasteiger partial charge in [0, 0.05) is 47.7 Å². The fourth-order valence-corrected chi connectivity index (χ4v) is 8.97. The fraction of sp³-hybridized carbons (Fsp3) is 0.231. The summed E-state index contributed by atoms with van der Waals surface area (Å²) in [4.78, 5) is 50.0. The van der Waals surface area contributed by atoms with Crippen molar-refractivity contribution in [1.29, 1.82) is 0 Å². The van der Waals surface area contributed by atoms with Gasteiger partial charge >= 0.3 is 0 Å². The van der Waals surface area contributed by atoms with Crippen LogP contribution in [-0.2, 0) is 23.0 Å². The monoisotopic (exact) mass is 824 g/mol. The van der Waals surface area contributed by atoms with Crippen molar-refractivity contribution in [3.05, 3.63) is 120 Å². The Morgan fingerprint density at radius 1 is 0.982 bits per heavy atom. The summed E-state index contributed by atoms with van der Waals surface area (Å²) >= 11 is 2.96. The molecule has 0 spiro atoms. The smallest absolute Gasteiger partial charge is 0.283 e. The van der Waals surface area contributed by atoms with Gasteiger partial charge in [-0.25, -0.2) is 33.1 Å². The van der Waals surface area contributed by atoms with Gasteiger partial charge in [0.15, 0.2) is 10.9 Å². The average molecular weight is 825 g/mol. The number of sulfonamides is 1. The molecule has 0 saturated carbocycles. The minimum Gasteiger partial charge on any atom is -0.365 e. The number of hydrogen-bond acceptors (Lipinski definition) is 15. The first kappa shape index (κ1) is 39.6. The van der Waals surface area contributed by atoms with E-state index in [1.165, 1.54) is 23.5 Å². The van der Waals surface area contributed by atoms with Crippen LogP contribution in [0.15, 0.2) is 107 Å². The number of rotatable bonds is 15. The Bertz CT molecular complexity index is 2470. The number of hydrogen-bond donors (Lipinski definition) is 5. The highest BCUT2D eigenvalue weighted by molar-refractivity contribution is 7.99. The van der Waals surface area contributed by atoms with Crippen LogP contribution >= 0.6 is 23.1 Å². The Morgan fingerprint density at radius 2 is 1.81 bits per heavy atom. The summed E-state index contributed by atoms with van der Waals surface area (Å²) in [6.45, 7) is 1.68. The van der Waals surface area contributed by atoms with Crippen LogP contribution in [0.2, 0.25) is 0 Å². The van der Waals surface area contributed by atoms with Crippen molar-refractivity contribution < 1.29 is 23.2 Å². The van der Waals surface area contributed by atoms with E-state index in [4.69, 9.17) is 0 Å². The number of thiazole rings is 1. The van der Waals surface area contributed by atoms with Gasteiger partial charge in [0.25, 0.3) is 21.8 Å². The third kappa shape index (κ3) is 9.66. The zero-order valence-corrected chi connectivity index (χ0v) is 33.5. The molecule has 0 fully saturated rings. The van der Waals surface area contributed by atoms with Crippen molar-refractivity contribution in [2.24, 2.45) is 0 Å². The lowest BCUT2D eigenvalue weighted by atomic mass is 9.94. The highest BCUT2D eigenvalue weighted by atomic mass is 32.2. The van der Waals surface area contributed by atoms with Gasteiger partial charge in [-0.2, -0.15) is 0 Å². The Labute approximate surface area is 338 Å². The lowest BCUT2D eigenvalue weighted by Crippen LogP contribution is -2.34. The van der Waals surface area contributed by atoms with Gasteiger partial charge in [0.2, 0.25) is 0 Å². The minimum absolute atomic E-state index is 0.0283. The molecule has 57 heavy (non-hydrogen) atoms. The number of thioether (sulfide) groups is 1.